The van der Waals surface area contributed by atoms with Crippen molar-refractivity contribution < 1.29 is 4.79 Å². The number of likely N-dealkylation sites (tertiary alicyclic amines) is 1. The Morgan fingerprint density at radius 2 is 2.11 bits per heavy atom. The first-order valence-electron chi connectivity index (χ1n) is 6.53. The molecule has 2 heterocycles. The number of aryl methyl sites for hydroxylation is 1. The van der Waals surface area contributed by atoms with Gasteiger partial charge < -0.3 is 10.6 Å². The zero-order valence-electron chi connectivity index (χ0n) is 11.5. The monoisotopic (exact) mass is 250 g/mol. The van der Waals surface area contributed by atoms with Gasteiger partial charge in [-0.1, -0.05) is 13.8 Å². The number of H-pyrrole nitrogens is 1. The van der Waals surface area contributed by atoms with Gasteiger partial charge in [0.1, 0.15) is 0 Å². The maximum atomic E-state index is 12.5. The highest BCUT2D eigenvalue weighted by molar-refractivity contribution is 5.97. The molecule has 0 aromatic carbocycles. The Kier molecular flexibility index (Phi) is 3.32. The topological polar surface area (TPSA) is 75.0 Å². The summed E-state index contributed by atoms with van der Waals surface area (Å²) in [6.45, 7) is 9.09. The molecule has 100 valence electrons. The van der Waals surface area contributed by atoms with Crippen molar-refractivity contribution >= 4 is 11.6 Å². The van der Waals surface area contributed by atoms with Crippen molar-refractivity contribution in [3.63, 3.8) is 0 Å². The number of nitrogens with one attached hydrogen (secondary N) is 1. The van der Waals surface area contributed by atoms with Crippen molar-refractivity contribution in [2.45, 2.75) is 40.2 Å². The second-order valence-corrected chi connectivity index (χ2v) is 5.63. The number of aromatic nitrogens is 2. The predicted octanol–water partition coefficient (Wildman–Crippen LogP) is 1.81. The first-order chi connectivity index (χ1) is 8.41. The number of carbonyl (C=O) groups excluding carboxylic acids is 1. The molecule has 1 aromatic heterocycles. The van der Waals surface area contributed by atoms with Gasteiger partial charge in [0, 0.05) is 12.6 Å². The van der Waals surface area contributed by atoms with Gasteiger partial charge in [-0.05, 0) is 32.1 Å². The van der Waals surface area contributed by atoms with Gasteiger partial charge in [-0.15, -0.1) is 0 Å². The normalized spacial score (nSPS) is 28.4. The van der Waals surface area contributed by atoms with Gasteiger partial charge in [0.2, 0.25) is 0 Å². The third-order valence-electron chi connectivity index (χ3n) is 4.06. The highest BCUT2D eigenvalue weighted by Crippen LogP contribution is 2.28. The maximum absolute atomic E-state index is 12.5. The van der Waals surface area contributed by atoms with Gasteiger partial charge in [-0.25, -0.2) is 0 Å². The van der Waals surface area contributed by atoms with E-state index in [-0.39, 0.29) is 11.9 Å². The number of amides is 1. The fraction of sp³-hybridized carbons (Fsp3) is 0.692. The molecule has 1 aliphatic heterocycles. The van der Waals surface area contributed by atoms with Crippen LogP contribution >= 0.6 is 0 Å². The number of rotatable bonds is 1. The molecule has 0 saturated carbocycles. The van der Waals surface area contributed by atoms with Gasteiger partial charge >= 0.3 is 0 Å². The average Bonchev–Trinajstić information content (AvgIpc) is 2.64. The van der Waals surface area contributed by atoms with E-state index in [1.54, 1.807) is 0 Å². The zero-order valence-corrected chi connectivity index (χ0v) is 11.5. The van der Waals surface area contributed by atoms with Crippen LogP contribution in [-0.4, -0.2) is 33.6 Å². The van der Waals surface area contributed by atoms with Crippen LogP contribution in [0.15, 0.2) is 0 Å². The number of hydrogen-bond donors (Lipinski definition) is 2. The van der Waals surface area contributed by atoms with Crippen molar-refractivity contribution in [3.8, 4) is 0 Å². The first kappa shape index (κ1) is 12.9. The molecule has 3 atom stereocenters. The van der Waals surface area contributed by atoms with E-state index in [0.717, 1.165) is 12.2 Å². The van der Waals surface area contributed by atoms with Crippen LogP contribution in [0.4, 0.5) is 5.69 Å². The number of nitrogens with two attached hydrogens (primary N) is 1. The van der Waals surface area contributed by atoms with E-state index in [2.05, 4.69) is 31.0 Å². The summed E-state index contributed by atoms with van der Waals surface area (Å²) in [5, 5.41) is 6.81. The van der Waals surface area contributed by atoms with Crippen molar-refractivity contribution in [3.05, 3.63) is 11.4 Å². The summed E-state index contributed by atoms with van der Waals surface area (Å²) >= 11 is 0. The summed E-state index contributed by atoms with van der Waals surface area (Å²) in [5.41, 5.74) is 7.47. The Bertz CT molecular complexity index is 454. The SMILES string of the molecule is Cc1[nH]nc(C(=O)N2CC(C)CC(C)C2C)c1N. The number of nitrogen functional groups attached to an aromatic ring is 1. The molecular weight excluding hydrogens is 228 g/mol. The summed E-state index contributed by atoms with van der Waals surface area (Å²) in [6, 6.07) is 0.241. The van der Waals surface area contributed by atoms with Gasteiger partial charge in [-0.2, -0.15) is 5.10 Å². The Hall–Kier alpha value is -1.52. The van der Waals surface area contributed by atoms with E-state index >= 15 is 0 Å². The highest BCUT2D eigenvalue weighted by Gasteiger charge is 2.34. The van der Waals surface area contributed by atoms with Crippen LogP contribution in [0.25, 0.3) is 0 Å². The molecule has 1 fully saturated rings. The lowest BCUT2D eigenvalue weighted by Gasteiger charge is -2.40. The van der Waals surface area contributed by atoms with E-state index in [9.17, 15) is 4.79 Å². The largest absolute Gasteiger partial charge is 0.395 e. The summed E-state index contributed by atoms with van der Waals surface area (Å²) in [7, 11) is 0. The van der Waals surface area contributed by atoms with Crippen molar-refractivity contribution in [1.82, 2.24) is 15.1 Å². The van der Waals surface area contributed by atoms with E-state index < -0.39 is 0 Å². The second kappa shape index (κ2) is 4.63. The number of hydrogen-bond acceptors (Lipinski definition) is 3. The molecule has 3 N–H and O–H groups in total. The molecule has 2 rings (SSSR count). The molecule has 1 saturated heterocycles. The summed E-state index contributed by atoms with van der Waals surface area (Å²) in [4.78, 5) is 14.4. The van der Waals surface area contributed by atoms with Gasteiger partial charge in [0.15, 0.2) is 5.69 Å². The Morgan fingerprint density at radius 3 is 2.67 bits per heavy atom. The third kappa shape index (κ3) is 2.09. The predicted molar refractivity (Wildman–Crippen MR) is 71.2 cm³/mol. The standard InChI is InChI=1S/C13H22N4O/c1-7-5-8(2)10(4)17(6-7)13(18)12-11(14)9(3)15-16-12/h7-8,10H,5-6,14H2,1-4H3,(H,15,16). The van der Waals surface area contributed by atoms with Crippen LogP contribution in [0, 0.1) is 18.8 Å². The van der Waals surface area contributed by atoms with E-state index in [0.29, 0.717) is 23.2 Å². The minimum absolute atomic E-state index is 0.0530. The molecule has 1 aromatic rings. The third-order valence-corrected chi connectivity index (χ3v) is 4.06. The highest BCUT2D eigenvalue weighted by atomic mass is 16.2. The van der Waals surface area contributed by atoms with Crippen molar-refractivity contribution in [2.75, 3.05) is 12.3 Å². The fourth-order valence-corrected chi connectivity index (χ4v) is 2.72. The quantitative estimate of drug-likeness (QED) is 0.798. The van der Waals surface area contributed by atoms with E-state index in [1.165, 1.54) is 6.42 Å². The lowest BCUT2D eigenvalue weighted by atomic mass is 9.86. The molecular formula is C13H22N4O. The smallest absolute Gasteiger partial charge is 0.276 e. The minimum atomic E-state index is -0.0530. The number of carbonyl (C=O) groups is 1. The van der Waals surface area contributed by atoms with Crippen LogP contribution in [0.2, 0.25) is 0 Å². The fourth-order valence-electron chi connectivity index (χ4n) is 2.72. The molecule has 5 heteroatoms. The number of anilines is 1. The van der Waals surface area contributed by atoms with Crippen LogP contribution in [0.5, 0.6) is 0 Å². The van der Waals surface area contributed by atoms with Crippen LogP contribution in [-0.2, 0) is 0 Å². The Labute approximate surface area is 108 Å². The molecule has 1 amide bonds. The molecule has 0 spiro atoms. The molecule has 0 radical (unpaired) electrons. The summed E-state index contributed by atoms with van der Waals surface area (Å²) < 4.78 is 0. The molecule has 0 bridgehead atoms. The number of aromatic amines is 1. The lowest BCUT2D eigenvalue weighted by Crippen LogP contribution is -2.49. The summed E-state index contributed by atoms with van der Waals surface area (Å²) in [6.07, 6.45) is 1.17. The Morgan fingerprint density at radius 1 is 1.44 bits per heavy atom. The average molecular weight is 250 g/mol. The number of nitrogens with zero attached hydrogens (tertiary/aromatic N) is 2. The molecule has 3 unspecified atom stereocenters. The second-order valence-electron chi connectivity index (χ2n) is 5.63. The van der Waals surface area contributed by atoms with Crippen molar-refractivity contribution in [1.29, 1.82) is 0 Å². The van der Waals surface area contributed by atoms with Gasteiger partial charge in [0.05, 0.1) is 11.4 Å². The molecule has 5 nitrogen and oxygen atoms in total. The van der Waals surface area contributed by atoms with Crippen molar-refractivity contribution in [2.24, 2.45) is 11.8 Å². The van der Waals surface area contributed by atoms with Crippen LogP contribution < -0.4 is 5.73 Å². The molecule has 18 heavy (non-hydrogen) atoms. The van der Waals surface area contributed by atoms with E-state index in [1.807, 2.05) is 11.8 Å². The molecule has 1 aliphatic rings. The zero-order chi connectivity index (χ0) is 13.4. The summed E-state index contributed by atoms with van der Waals surface area (Å²) in [5.74, 6) is 0.989. The molecule has 0 aliphatic carbocycles. The maximum Gasteiger partial charge on any atom is 0.276 e. The van der Waals surface area contributed by atoms with Crippen LogP contribution in [0.1, 0.15) is 43.4 Å². The van der Waals surface area contributed by atoms with Crippen LogP contribution in [0.3, 0.4) is 0 Å². The minimum Gasteiger partial charge on any atom is -0.395 e. The van der Waals surface area contributed by atoms with Gasteiger partial charge in [0.25, 0.3) is 5.91 Å². The number of piperidine rings is 1. The first-order valence-corrected chi connectivity index (χ1v) is 6.53. The van der Waals surface area contributed by atoms with Gasteiger partial charge in [-0.3, -0.25) is 9.89 Å². The van der Waals surface area contributed by atoms with E-state index in [4.69, 9.17) is 5.73 Å². The Balaban J connectivity index is 2.25. The lowest BCUT2D eigenvalue weighted by molar-refractivity contribution is 0.0451.